The summed E-state index contributed by atoms with van der Waals surface area (Å²) in [5.74, 6) is 1.75. The molecule has 1 aromatic heterocycles. The second-order valence-electron chi connectivity index (χ2n) is 20.2. The minimum absolute atomic E-state index is 0.0213. The highest BCUT2D eigenvalue weighted by atomic mass is 16.5. The van der Waals surface area contributed by atoms with Crippen molar-refractivity contribution in [2.24, 2.45) is 56.7 Å². The molecule has 0 radical (unpaired) electrons. The summed E-state index contributed by atoms with van der Waals surface area (Å²) in [5.41, 5.74) is 3.66. The quantitative estimate of drug-likeness (QED) is 0.202. The number of pyridine rings is 1. The topological polar surface area (TPSA) is 133 Å². The molecule has 0 unspecified atom stereocenters. The number of nitrogens with zero attached hydrogens (tertiary/aromatic N) is 2. The van der Waals surface area contributed by atoms with Crippen LogP contribution in [0.3, 0.4) is 0 Å². The molecule has 6 aliphatic carbocycles. The molecule has 8 heteroatoms. The zero-order chi connectivity index (χ0) is 39.8. The van der Waals surface area contributed by atoms with E-state index in [1.807, 2.05) is 0 Å². The van der Waals surface area contributed by atoms with E-state index >= 15 is 0 Å². The van der Waals surface area contributed by atoms with Crippen molar-refractivity contribution in [2.45, 2.75) is 137 Å². The Bertz CT molecular complexity index is 1840. The van der Waals surface area contributed by atoms with Gasteiger partial charge in [0.25, 0.3) is 0 Å². The lowest BCUT2D eigenvalue weighted by Gasteiger charge is -2.72. The Morgan fingerprint density at radius 3 is 2.42 bits per heavy atom. The standard InChI is InChI=1S/C47H65N3O5/c1-29(2)33-15-22-47(50-27-36(52)30(3)51)24-23-44(7)35(39(33)47)11-12-38-43(6)18-16-34(42(4,5)37(43)17-19-45(38,44)8)31-13-20-46(21-14-31,41(53)54)28-55-40-32(26-48)10-9-25-49-40/h9-10,13,16,25,33,35-39,50,52H,1,11-12,14-15,17-24,27-28H2,2-8H3,(H,53,54)/t33-,35+,36+,37-,38+,39+,43-,44+,45+,46-,47-/m0/s1. The maximum absolute atomic E-state index is 12.8. The lowest BCUT2D eigenvalue weighted by Crippen LogP contribution is -2.68. The Kier molecular flexibility index (Phi) is 10.1. The highest BCUT2D eigenvalue weighted by Gasteiger charge is 2.70. The first-order valence-corrected chi connectivity index (χ1v) is 21.1. The fraction of sp³-hybridized carbons (Fsp3) is 0.702. The molecule has 55 heavy (non-hydrogen) atoms. The molecule has 7 rings (SSSR count). The van der Waals surface area contributed by atoms with Crippen LogP contribution < -0.4 is 10.1 Å². The molecule has 0 bridgehead atoms. The third-order valence-corrected chi connectivity index (χ3v) is 17.5. The molecule has 0 spiro atoms. The van der Waals surface area contributed by atoms with E-state index in [1.54, 1.807) is 18.3 Å². The monoisotopic (exact) mass is 751 g/mol. The van der Waals surface area contributed by atoms with E-state index in [9.17, 15) is 25.1 Å². The fourth-order valence-electron chi connectivity index (χ4n) is 14.4. The number of aliphatic carboxylic acids is 1. The van der Waals surface area contributed by atoms with E-state index in [2.05, 4.69) is 76.6 Å². The van der Waals surface area contributed by atoms with Crippen LogP contribution >= 0.6 is 0 Å². The molecule has 6 aliphatic rings. The smallest absolute Gasteiger partial charge is 0.313 e. The van der Waals surface area contributed by atoms with Gasteiger partial charge in [0.2, 0.25) is 5.88 Å². The molecule has 0 aliphatic heterocycles. The maximum atomic E-state index is 12.8. The second kappa shape index (κ2) is 14.0. The van der Waals surface area contributed by atoms with Crippen molar-refractivity contribution in [2.75, 3.05) is 13.2 Å². The van der Waals surface area contributed by atoms with Crippen LogP contribution in [-0.2, 0) is 9.59 Å². The highest BCUT2D eigenvalue weighted by molar-refractivity contribution is 5.80. The number of carbonyl (C=O) groups is 2. The molecular weight excluding hydrogens is 687 g/mol. The number of carboxylic acid groups (broad SMARTS) is 1. The van der Waals surface area contributed by atoms with E-state index < -0.39 is 17.5 Å². The normalized spacial score (nSPS) is 40.8. The number of hydrogen-bond donors (Lipinski definition) is 3. The fourth-order valence-corrected chi connectivity index (χ4v) is 14.4. The van der Waals surface area contributed by atoms with Gasteiger partial charge < -0.3 is 20.3 Å². The summed E-state index contributed by atoms with van der Waals surface area (Å²) in [7, 11) is 0. The number of Topliss-reactive ketones (excluding diaryl/α,β-unsaturated/α-hetero) is 1. The zero-order valence-corrected chi connectivity index (χ0v) is 34.5. The van der Waals surface area contributed by atoms with Crippen molar-refractivity contribution in [1.82, 2.24) is 10.3 Å². The molecule has 4 saturated carbocycles. The predicted molar refractivity (Wildman–Crippen MR) is 214 cm³/mol. The first-order valence-electron chi connectivity index (χ1n) is 21.1. The van der Waals surface area contributed by atoms with E-state index in [0.29, 0.717) is 61.0 Å². The van der Waals surface area contributed by atoms with Crippen LogP contribution in [0.15, 0.2) is 53.8 Å². The van der Waals surface area contributed by atoms with Gasteiger partial charge in [-0.05, 0) is 165 Å². The first-order chi connectivity index (χ1) is 25.9. The molecule has 0 saturated heterocycles. The number of aliphatic hydroxyl groups excluding tert-OH is 1. The molecule has 0 aromatic carbocycles. The third-order valence-electron chi connectivity index (χ3n) is 17.5. The van der Waals surface area contributed by atoms with Crippen LogP contribution in [0.1, 0.15) is 131 Å². The largest absolute Gasteiger partial charge is 0.481 e. The minimum atomic E-state index is -1.06. The summed E-state index contributed by atoms with van der Waals surface area (Å²) < 4.78 is 5.93. The van der Waals surface area contributed by atoms with Gasteiger partial charge in [-0.2, -0.15) is 5.26 Å². The number of carboxylic acids is 1. The first kappa shape index (κ1) is 39.9. The minimum Gasteiger partial charge on any atom is -0.481 e. The molecule has 1 aromatic rings. The second-order valence-corrected chi connectivity index (χ2v) is 20.2. The summed E-state index contributed by atoms with van der Waals surface area (Å²) in [4.78, 5) is 29.0. The molecular formula is C47H65N3O5. The van der Waals surface area contributed by atoms with Crippen LogP contribution in [0.4, 0.5) is 0 Å². The van der Waals surface area contributed by atoms with Crippen LogP contribution in [0, 0.1) is 68.0 Å². The number of aromatic nitrogens is 1. The molecule has 1 heterocycles. The Labute approximate surface area is 329 Å². The number of ether oxygens (including phenoxy) is 1. The van der Waals surface area contributed by atoms with Crippen molar-refractivity contribution in [3.05, 3.63) is 59.3 Å². The number of ketones is 1. The van der Waals surface area contributed by atoms with Crippen LogP contribution in [-0.4, -0.2) is 51.7 Å². The average Bonchev–Trinajstić information content (AvgIpc) is 3.53. The molecule has 8 nitrogen and oxygen atoms in total. The number of nitrogens with one attached hydrogen (secondary N) is 1. The predicted octanol–water partition coefficient (Wildman–Crippen LogP) is 9.00. The number of nitriles is 1. The van der Waals surface area contributed by atoms with Gasteiger partial charge in [0.15, 0.2) is 5.78 Å². The molecule has 11 atom stereocenters. The Hall–Kier alpha value is -3.28. The number of β-amino-alcohol motifs (C(OH)–C–C–N with tert-alkyl or cyclic N) is 1. The van der Waals surface area contributed by atoms with Crippen molar-refractivity contribution >= 4 is 11.8 Å². The van der Waals surface area contributed by atoms with E-state index in [0.717, 1.165) is 25.7 Å². The average molecular weight is 752 g/mol. The van der Waals surface area contributed by atoms with Gasteiger partial charge in [-0.25, -0.2) is 4.98 Å². The van der Waals surface area contributed by atoms with Crippen molar-refractivity contribution in [3.8, 4) is 11.9 Å². The maximum Gasteiger partial charge on any atom is 0.313 e. The van der Waals surface area contributed by atoms with E-state index in [1.165, 1.54) is 55.7 Å². The summed E-state index contributed by atoms with van der Waals surface area (Å²) in [6.45, 7) is 21.4. The summed E-state index contributed by atoms with van der Waals surface area (Å²) in [6, 6.07) is 5.41. The van der Waals surface area contributed by atoms with Crippen LogP contribution in [0.5, 0.6) is 5.88 Å². The molecule has 298 valence electrons. The van der Waals surface area contributed by atoms with E-state index in [4.69, 9.17) is 4.74 Å². The van der Waals surface area contributed by atoms with Gasteiger partial charge in [-0.3, -0.25) is 9.59 Å². The SMILES string of the molecule is C=C(C)[C@@H]1CC[C@]2(NC[C@@H](O)C(C)=O)CC[C@]3(C)[C@H](CC[C@@H]4[C@@]5(C)CC=C(C6=CC[C@](COc7ncccc7C#N)(C(=O)O)CC6)C(C)(C)[C@@H]5CC[C@]43C)[C@@H]12. The highest BCUT2D eigenvalue weighted by Crippen LogP contribution is 2.76. The number of hydrogen-bond acceptors (Lipinski definition) is 7. The van der Waals surface area contributed by atoms with Crippen molar-refractivity contribution < 1.29 is 24.5 Å². The zero-order valence-electron chi connectivity index (χ0n) is 34.5. The number of carbonyl (C=O) groups excluding carboxylic acids is 1. The van der Waals surface area contributed by atoms with Gasteiger partial charge >= 0.3 is 5.97 Å². The third kappa shape index (κ3) is 6.08. The number of aliphatic hydroxyl groups is 1. The number of allylic oxidation sites excluding steroid dienone is 5. The molecule has 4 fully saturated rings. The lowest BCUT2D eigenvalue weighted by atomic mass is 9.33. The van der Waals surface area contributed by atoms with Crippen molar-refractivity contribution in [3.63, 3.8) is 0 Å². The van der Waals surface area contributed by atoms with Gasteiger partial charge in [-0.1, -0.05) is 58.9 Å². The summed E-state index contributed by atoms with van der Waals surface area (Å²) >= 11 is 0. The summed E-state index contributed by atoms with van der Waals surface area (Å²) in [5, 5.41) is 34.3. The Morgan fingerprint density at radius 2 is 1.76 bits per heavy atom. The van der Waals surface area contributed by atoms with Gasteiger partial charge in [0.05, 0.1) is 0 Å². The Balaban J connectivity index is 1.14. The summed E-state index contributed by atoms with van der Waals surface area (Å²) in [6.07, 6.45) is 17.2. The lowest BCUT2D eigenvalue weighted by molar-refractivity contribution is -0.221. The number of rotatable bonds is 10. The van der Waals surface area contributed by atoms with E-state index in [-0.39, 0.29) is 45.5 Å². The van der Waals surface area contributed by atoms with Gasteiger partial charge in [-0.15, -0.1) is 0 Å². The van der Waals surface area contributed by atoms with Gasteiger partial charge in [0, 0.05) is 18.3 Å². The molecule has 0 amide bonds. The Morgan fingerprint density at radius 1 is 1.00 bits per heavy atom. The van der Waals surface area contributed by atoms with Crippen LogP contribution in [0.25, 0.3) is 0 Å². The van der Waals surface area contributed by atoms with Crippen LogP contribution in [0.2, 0.25) is 0 Å². The van der Waals surface area contributed by atoms with Gasteiger partial charge in [0.1, 0.15) is 29.8 Å². The molecule has 3 N–H and O–H groups in total. The van der Waals surface area contributed by atoms with Crippen molar-refractivity contribution in [1.29, 1.82) is 5.26 Å². The number of fused-ring (bicyclic) bond motifs is 7.